The van der Waals surface area contributed by atoms with E-state index in [9.17, 15) is 0 Å². The van der Waals surface area contributed by atoms with Crippen LogP contribution in [0.2, 0.25) is 0 Å². The lowest BCUT2D eigenvalue weighted by Crippen LogP contribution is -2.41. The van der Waals surface area contributed by atoms with Crippen molar-refractivity contribution in [2.24, 2.45) is 5.73 Å². The molecular weight excluding hydrogens is 239 g/mol. The van der Waals surface area contributed by atoms with Gasteiger partial charge in [-0.25, -0.2) is 0 Å². The molecule has 0 saturated carbocycles. The van der Waals surface area contributed by atoms with Gasteiger partial charge in [-0.15, -0.1) is 0 Å². The fraction of sp³-hybridized carbons (Fsp3) is 0.643. The van der Waals surface area contributed by atoms with Crippen molar-refractivity contribution in [3.8, 4) is 0 Å². The number of rotatable bonds is 2. The number of aryl methyl sites for hydroxylation is 1. The second-order valence-corrected chi connectivity index (χ2v) is 6.28. The third kappa shape index (κ3) is 2.42. The van der Waals surface area contributed by atoms with Crippen molar-refractivity contribution in [2.45, 2.75) is 58.8 Å². The molecule has 2 N–H and O–H groups in total. The first-order chi connectivity index (χ1) is 8.66. The Morgan fingerprint density at radius 3 is 2.21 bits per heavy atom. The molecule has 1 aromatic heterocycles. The fourth-order valence-corrected chi connectivity index (χ4v) is 2.26. The largest absolute Gasteiger partial charge is 0.497 e. The van der Waals surface area contributed by atoms with E-state index in [4.69, 9.17) is 15.0 Å². The molecule has 4 nitrogen and oxygen atoms in total. The molecule has 0 bridgehead atoms. The summed E-state index contributed by atoms with van der Waals surface area (Å²) in [5.41, 5.74) is 8.26. The zero-order valence-electron chi connectivity index (χ0n) is 12.7. The van der Waals surface area contributed by atoms with Gasteiger partial charge in [0.05, 0.1) is 11.2 Å². The van der Waals surface area contributed by atoms with Crippen LogP contribution in [-0.2, 0) is 9.31 Å². The first-order valence-electron chi connectivity index (χ1n) is 6.72. The van der Waals surface area contributed by atoms with Crippen molar-refractivity contribution in [1.29, 1.82) is 0 Å². The van der Waals surface area contributed by atoms with Gasteiger partial charge in [-0.05, 0) is 53.2 Å². The predicted molar refractivity (Wildman–Crippen MR) is 77.3 cm³/mol. The molecule has 2 heterocycles. The van der Waals surface area contributed by atoms with E-state index in [-0.39, 0.29) is 17.2 Å². The third-order valence-corrected chi connectivity index (χ3v) is 4.20. The molecule has 0 amide bonds. The van der Waals surface area contributed by atoms with Crippen molar-refractivity contribution in [3.05, 3.63) is 23.5 Å². The van der Waals surface area contributed by atoms with E-state index in [1.165, 1.54) is 0 Å². The maximum absolute atomic E-state index is 6.10. The average Bonchev–Trinajstić information content (AvgIpc) is 2.47. The van der Waals surface area contributed by atoms with Crippen LogP contribution in [0.15, 0.2) is 12.3 Å². The Kier molecular flexibility index (Phi) is 3.50. The van der Waals surface area contributed by atoms with Crippen LogP contribution in [0.25, 0.3) is 0 Å². The number of nitrogens with two attached hydrogens (primary N) is 1. The van der Waals surface area contributed by atoms with Crippen molar-refractivity contribution < 1.29 is 9.31 Å². The first kappa shape index (κ1) is 14.5. The van der Waals surface area contributed by atoms with E-state index in [0.29, 0.717) is 0 Å². The Balaban J connectivity index is 2.45. The van der Waals surface area contributed by atoms with Gasteiger partial charge in [0, 0.05) is 23.4 Å². The highest BCUT2D eigenvalue weighted by molar-refractivity contribution is 6.63. The smallest absolute Gasteiger partial charge is 0.399 e. The van der Waals surface area contributed by atoms with Crippen LogP contribution < -0.4 is 11.2 Å². The minimum Gasteiger partial charge on any atom is -0.399 e. The van der Waals surface area contributed by atoms with Crippen LogP contribution in [0, 0.1) is 6.92 Å². The van der Waals surface area contributed by atoms with E-state index in [0.717, 1.165) is 16.7 Å². The van der Waals surface area contributed by atoms with E-state index < -0.39 is 7.12 Å². The normalized spacial score (nSPS) is 22.6. The fourth-order valence-electron chi connectivity index (χ4n) is 2.26. The molecule has 1 atom stereocenters. The quantitative estimate of drug-likeness (QED) is 0.824. The monoisotopic (exact) mass is 262 g/mol. The lowest BCUT2D eigenvalue weighted by molar-refractivity contribution is 0.00578. The molecule has 1 aliphatic rings. The summed E-state index contributed by atoms with van der Waals surface area (Å²) in [5.74, 6) is 0. The summed E-state index contributed by atoms with van der Waals surface area (Å²) in [6, 6.07) is 1.87. The third-order valence-electron chi connectivity index (χ3n) is 4.20. The molecule has 0 aromatic carbocycles. The Morgan fingerprint density at radius 1 is 1.21 bits per heavy atom. The molecule has 0 spiro atoms. The van der Waals surface area contributed by atoms with Gasteiger partial charge in [0.25, 0.3) is 0 Å². The number of pyridine rings is 1. The Labute approximate surface area is 115 Å². The highest BCUT2D eigenvalue weighted by Gasteiger charge is 2.52. The average molecular weight is 262 g/mol. The van der Waals surface area contributed by atoms with E-state index in [1.54, 1.807) is 6.20 Å². The van der Waals surface area contributed by atoms with Gasteiger partial charge < -0.3 is 15.0 Å². The second-order valence-electron chi connectivity index (χ2n) is 6.28. The van der Waals surface area contributed by atoms with Gasteiger partial charge in [-0.1, -0.05) is 0 Å². The van der Waals surface area contributed by atoms with Crippen LogP contribution in [0.1, 0.15) is 51.9 Å². The van der Waals surface area contributed by atoms with Gasteiger partial charge in [0.2, 0.25) is 0 Å². The Hall–Kier alpha value is -0.905. The van der Waals surface area contributed by atoms with Crippen LogP contribution in [0.5, 0.6) is 0 Å². The summed E-state index contributed by atoms with van der Waals surface area (Å²) in [6.07, 6.45) is 1.78. The number of aromatic nitrogens is 1. The number of hydrogen-bond donors (Lipinski definition) is 1. The number of hydrogen-bond acceptors (Lipinski definition) is 4. The molecule has 0 radical (unpaired) electrons. The van der Waals surface area contributed by atoms with Gasteiger partial charge in [-0.2, -0.15) is 0 Å². The molecule has 1 saturated heterocycles. The van der Waals surface area contributed by atoms with Crippen LogP contribution in [-0.4, -0.2) is 23.3 Å². The Morgan fingerprint density at radius 2 is 1.74 bits per heavy atom. The highest BCUT2D eigenvalue weighted by atomic mass is 16.7. The first-order valence-corrected chi connectivity index (χ1v) is 6.72. The van der Waals surface area contributed by atoms with Crippen LogP contribution in [0.4, 0.5) is 0 Å². The van der Waals surface area contributed by atoms with E-state index >= 15 is 0 Å². The molecule has 1 unspecified atom stereocenters. The molecule has 1 aliphatic heterocycles. The summed E-state index contributed by atoms with van der Waals surface area (Å²) >= 11 is 0. The molecular formula is C14H23BN2O2. The minimum absolute atomic E-state index is 0.0734. The van der Waals surface area contributed by atoms with Gasteiger partial charge >= 0.3 is 7.12 Å². The summed E-state index contributed by atoms with van der Waals surface area (Å²) in [4.78, 5) is 4.35. The van der Waals surface area contributed by atoms with Crippen LogP contribution >= 0.6 is 0 Å². The van der Waals surface area contributed by atoms with Crippen molar-refractivity contribution in [1.82, 2.24) is 4.98 Å². The maximum Gasteiger partial charge on any atom is 0.497 e. The molecule has 0 aliphatic carbocycles. The van der Waals surface area contributed by atoms with E-state index in [1.807, 2.05) is 47.6 Å². The molecule has 104 valence electrons. The molecule has 1 aromatic rings. The number of nitrogens with zero attached hydrogens (tertiary/aromatic N) is 1. The standard InChI is InChI=1S/C14H23BN2O2/c1-9(16)11-7-8-17-10(2)12(11)15-18-13(3,4)14(5,6)19-15/h7-9H,16H2,1-6H3. The molecule has 2 rings (SSSR count). The minimum atomic E-state index is -0.403. The summed E-state index contributed by atoms with van der Waals surface area (Å²) in [7, 11) is -0.403. The summed E-state index contributed by atoms with van der Waals surface area (Å²) in [5, 5.41) is 0. The lowest BCUT2D eigenvalue weighted by Gasteiger charge is -2.32. The Bertz CT molecular complexity index is 470. The maximum atomic E-state index is 6.10. The predicted octanol–water partition coefficient (Wildman–Crippen LogP) is 1.71. The second kappa shape index (κ2) is 4.58. The highest BCUT2D eigenvalue weighted by Crippen LogP contribution is 2.37. The molecule has 5 heteroatoms. The van der Waals surface area contributed by atoms with Crippen molar-refractivity contribution >= 4 is 12.6 Å². The zero-order valence-corrected chi connectivity index (χ0v) is 12.7. The van der Waals surface area contributed by atoms with Gasteiger partial charge in [0.15, 0.2) is 0 Å². The SMILES string of the molecule is Cc1nccc(C(C)N)c1B1OC(C)(C)C(C)(C)O1. The summed E-state index contributed by atoms with van der Waals surface area (Å²) < 4.78 is 12.2. The van der Waals surface area contributed by atoms with Crippen LogP contribution in [0.3, 0.4) is 0 Å². The lowest BCUT2D eigenvalue weighted by atomic mass is 9.73. The molecule has 19 heavy (non-hydrogen) atoms. The molecule has 1 fully saturated rings. The zero-order chi connectivity index (χ0) is 14.4. The van der Waals surface area contributed by atoms with Gasteiger partial charge in [0.1, 0.15) is 0 Å². The van der Waals surface area contributed by atoms with Crippen molar-refractivity contribution in [2.75, 3.05) is 0 Å². The topological polar surface area (TPSA) is 57.4 Å². The summed E-state index contributed by atoms with van der Waals surface area (Å²) in [6.45, 7) is 12.1. The van der Waals surface area contributed by atoms with Gasteiger partial charge in [-0.3, -0.25) is 4.98 Å². The van der Waals surface area contributed by atoms with E-state index in [2.05, 4.69) is 4.98 Å². The van der Waals surface area contributed by atoms with Crippen molar-refractivity contribution in [3.63, 3.8) is 0 Å².